The molecule has 0 aliphatic rings. The summed E-state index contributed by atoms with van der Waals surface area (Å²) in [6.45, 7) is 4.08. The average molecular weight is 446 g/mol. The van der Waals surface area contributed by atoms with Crippen molar-refractivity contribution in [3.63, 3.8) is 0 Å². The number of phenols is 1. The number of esters is 1. The number of ether oxygens (including phenoxy) is 2. The second-order valence-corrected chi connectivity index (χ2v) is 7.91. The van der Waals surface area contributed by atoms with Crippen LogP contribution in [0.2, 0.25) is 0 Å². The molecular formula is C28H31NO4. The summed E-state index contributed by atoms with van der Waals surface area (Å²) in [5.41, 5.74) is 3.60. The van der Waals surface area contributed by atoms with Crippen LogP contribution in [0.4, 0.5) is 0 Å². The number of carbonyl (C=O) groups is 1. The molecule has 5 heteroatoms. The van der Waals surface area contributed by atoms with E-state index in [0.717, 1.165) is 24.0 Å². The number of aromatic hydroxyl groups is 1. The van der Waals surface area contributed by atoms with Gasteiger partial charge in [0, 0.05) is 22.3 Å². The Morgan fingerprint density at radius 3 is 2.15 bits per heavy atom. The van der Waals surface area contributed by atoms with Gasteiger partial charge in [0.2, 0.25) is 6.10 Å². The van der Waals surface area contributed by atoms with Gasteiger partial charge >= 0.3 is 5.97 Å². The van der Waals surface area contributed by atoms with Gasteiger partial charge in [0.05, 0.1) is 12.8 Å². The van der Waals surface area contributed by atoms with Gasteiger partial charge in [-0.1, -0.05) is 87.4 Å². The minimum Gasteiger partial charge on any atom is -0.507 e. The molecular weight excluding hydrogens is 414 g/mol. The fourth-order valence-electron chi connectivity index (χ4n) is 3.91. The van der Waals surface area contributed by atoms with E-state index in [1.54, 1.807) is 0 Å². The largest absolute Gasteiger partial charge is 0.507 e. The van der Waals surface area contributed by atoms with E-state index in [0.29, 0.717) is 35.3 Å². The summed E-state index contributed by atoms with van der Waals surface area (Å²) < 4.78 is 11.4. The third-order valence-corrected chi connectivity index (χ3v) is 5.53. The van der Waals surface area contributed by atoms with Gasteiger partial charge in [0.15, 0.2) is 0 Å². The smallest absolute Gasteiger partial charge is 0.351 e. The van der Waals surface area contributed by atoms with Gasteiger partial charge < -0.3 is 14.6 Å². The molecule has 3 rings (SSSR count). The van der Waals surface area contributed by atoms with Crippen molar-refractivity contribution in [2.24, 2.45) is 0 Å². The number of hydrogen-bond donors (Lipinski definition) is 2. The van der Waals surface area contributed by atoms with Gasteiger partial charge in [0.25, 0.3) is 0 Å². The molecule has 0 saturated carbocycles. The summed E-state index contributed by atoms with van der Waals surface area (Å²) in [6.07, 6.45) is 1.90. The van der Waals surface area contributed by atoms with Crippen LogP contribution in [0, 0.1) is 5.41 Å². The molecule has 33 heavy (non-hydrogen) atoms. The summed E-state index contributed by atoms with van der Waals surface area (Å²) in [5.74, 6) is 0.0176. The van der Waals surface area contributed by atoms with Gasteiger partial charge in [-0.25, -0.2) is 4.79 Å². The van der Waals surface area contributed by atoms with E-state index < -0.39 is 12.1 Å². The van der Waals surface area contributed by atoms with Crippen LogP contribution in [0.5, 0.6) is 11.5 Å². The first kappa shape index (κ1) is 24.1. The molecule has 1 unspecified atom stereocenters. The van der Waals surface area contributed by atoms with Gasteiger partial charge in [-0.2, -0.15) is 0 Å². The molecule has 3 aromatic carbocycles. The number of hydrogen-bond acceptors (Lipinski definition) is 5. The summed E-state index contributed by atoms with van der Waals surface area (Å²) in [4.78, 5) is 12.7. The normalized spacial score (nSPS) is 11.6. The number of aryl methyl sites for hydroxylation is 1. The van der Waals surface area contributed by atoms with Gasteiger partial charge in [-0.15, -0.1) is 0 Å². The van der Waals surface area contributed by atoms with Crippen LogP contribution in [0.1, 0.15) is 60.6 Å². The highest BCUT2D eigenvalue weighted by atomic mass is 16.6. The van der Waals surface area contributed by atoms with Crippen LogP contribution < -0.4 is 4.74 Å². The zero-order valence-electron chi connectivity index (χ0n) is 19.4. The molecule has 2 N–H and O–H groups in total. The monoisotopic (exact) mass is 445 g/mol. The Labute approximate surface area is 195 Å². The quantitative estimate of drug-likeness (QED) is 0.296. The maximum Gasteiger partial charge on any atom is 0.351 e. The van der Waals surface area contributed by atoms with Crippen LogP contribution in [-0.4, -0.2) is 23.9 Å². The molecule has 0 bridgehead atoms. The number of benzene rings is 3. The Morgan fingerprint density at radius 2 is 1.58 bits per heavy atom. The minimum atomic E-state index is -0.957. The molecule has 0 aliphatic heterocycles. The highest BCUT2D eigenvalue weighted by Gasteiger charge is 2.28. The Hall–Kier alpha value is -3.60. The maximum atomic E-state index is 12.7. The molecule has 0 fully saturated rings. The standard InChI is InChI=1S/C28H31NO4/c1-4-12-21-18-23(24(29)19-14-8-6-9-15-19)25(30)22(13-5-2)26(21)33-27(28(31)32-3)20-16-10-7-11-17-20/h6-11,14-18,27,29-30H,4-5,12-13H2,1-3H3. The van der Waals surface area contributed by atoms with E-state index in [9.17, 15) is 9.90 Å². The number of methoxy groups -OCH3 is 1. The third-order valence-electron chi connectivity index (χ3n) is 5.53. The Bertz CT molecular complexity index is 1090. The maximum absolute atomic E-state index is 12.7. The van der Waals surface area contributed by atoms with E-state index in [4.69, 9.17) is 14.9 Å². The second kappa shape index (κ2) is 11.3. The number of phenolic OH excluding ortho intramolecular Hbond substituents is 1. The zero-order chi connectivity index (χ0) is 23.8. The van der Waals surface area contributed by atoms with Gasteiger partial charge in [-0.3, -0.25) is 5.41 Å². The molecule has 0 spiro atoms. The van der Waals surface area contributed by atoms with Gasteiger partial charge in [-0.05, 0) is 24.5 Å². The number of carbonyl (C=O) groups excluding carboxylic acids is 1. The molecule has 0 aromatic heterocycles. The molecule has 172 valence electrons. The van der Waals surface area contributed by atoms with Gasteiger partial charge in [0.1, 0.15) is 11.5 Å². The molecule has 1 atom stereocenters. The molecule has 5 nitrogen and oxygen atoms in total. The van der Waals surface area contributed by atoms with Crippen LogP contribution in [0.15, 0.2) is 66.7 Å². The average Bonchev–Trinajstić information content (AvgIpc) is 2.86. The lowest BCUT2D eigenvalue weighted by Gasteiger charge is -2.24. The van der Waals surface area contributed by atoms with E-state index in [1.807, 2.05) is 73.7 Å². The lowest BCUT2D eigenvalue weighted by molar-refractivity contribution is -0.149. The molecule has 3 aromatic rings. The predicted octanol–water partition coefficient (Wildman–Crippen LogP) is 6.01. The van der Waals surface area contributed by atoms with Crippen molar-refractivity contribution in [3.8, 4) is 11.5 Å². The minimum absolute atomic E-state index is 0.0252. The lowest BCUT2D eigenvalue weighted by atomic mass is 9.92. The van der Waals surface area contributed by atoms with E-state index in [2.05, 4.69) is 6.92 Å². The third kappa shape index (κ3) is 5.43. The molecule has 0 amide bonds. The Balaban J connectivity index is 2.16. The SMILES string of the molecule is CCCc1cc(C(=N)c2ccccc2)c(O)c(CCC)c1OC(C(=O)OC)c1ccccc1. The van der Waals surface area contributed by atoms with Crippen LogP contribution >= 0.6 is 0 Å². The second-order valence-electron chi connectivity index (χ2n) is 7.91. The van der Waals surface area contributed by atoms with Crippen molar-refractivity contribution in [2.75, 3.05) is 7.11 Å². The summed E-state index contributed by atoms with van der Waals surface area (Å²) in [7, 11) is 1.34. The highest BCUT2D eigenvalue weighted by Crippen LogP contribution is 2.40. The summed E-state index contributed by atoms with van der Waals surface area (Å²) in [5, 5.41) is 20.0. The molecule has 0 heterocycles. The molecule has 0 saturated heterocycles. The van der Waals surface area contributed by atoms with Crippen molar-refractivity contribution in [3.05, 3.63) is 94.5 Å². The Morgan fingerprint density at radius 1 is 0.970 bits per heavy atom. The number of nitrogens with one attached hydrogen (secondary N) is 1. The first-order chi connectivity index (χ1) is 16.0. The van der Waals surface area contributed by atoms with Crippen molar-refractivity contribution >= 4 is 11.7 Å². The molecule has 0 aliphatic carbocycles. The first-order valence-electron chi connectivity index (χ1n) is 11.3. The fourth-order valence-corrected chi connectivity index (χ4v) is 3.91. The zero-order valence-corrected chi connectivity index (χ0v) is 19.4. The van der Waals surface area contributed by atoms with Crippen molar-refractivity contribution in [1.82, 2.24) is 0 Å². The van der Waals surface area contributed by atoms with Crippen LogP contribution in [-0.2, 0) is 22.4 Å². The van der Waals surface area contributed by atoms with Crippen molar-refractivity contribution in [1.29, 1.82) is 5.41 Å². The lowest BCUT2D eigenvalue weighted by Crippen LogP contribution is -2.21. The fraction of sp³-hybridized carbons (Fsp3) is 0.286. The van der Waals surface area contributed by atoms with Crippen LogP contribution in [0.3, 0.4) is 0 Å². The topological polar surface area (TPSA) is 79.6 Å². The molecule has 0 radical (unpaired) electrons. The van der Waals surface area contributed by atoms with Crippen molar-refractivity contribution in [2.45, 2.75) is 45.6 Å². The Kier molecular flexibility index (Phi) is 8.25. The van der Waals surface area contributed by atoms with E-state index in [-0.39, 0.29) is 11.5 Å². The first-order valence-corrected chi connectivity index (χ1v) is 11.3. The summed E-state index contributed by atoms with van der Waals surface area (Å²) in [6, 6.07) is 20.4. The van der Waals surface area contributed by atoms with E-state index >= 15 is 0 Å². The highest BCUT2D eigenvalue weighted by molar-refractivity contribution is 6.13. The van der Waals surface area contributed by atoms with Crippen LogP contribution in [0.25, 0.3) is 0 Å². The number of rotatable bonds is 10. The van der Waals surface area contributed by atoms with Crippen molar-refractivity contribution < 1.29 is 19.4 Å². The van der Waals surface area contributed by atoms with E-state index in [1.165, 1.54) is 7.11 Å². The summed E-state index contributed by atoms with van der Waals surface area (Å²) >= 11 is 0. The predicted molar refractivity (Wildman–Crippen MR) is 130 cm³/mol.